The van der Waals surface area contributed by atoms with E-state index in [4.69, 9.17) is 9.47 Å². The van der Waals surface area contributed by atoms with Gasteiger partial charge in [-0.05, 0) is 42.0 Å². The Balaban J connectivity index is 1.71. The summed E-state index contributed by atoms with van der Waals surface area (Å²) in [6.07, 6.45) is 1.57. The molecule has 0 atom stereocenters. The van der Waals surface area contributed by atoms with Crippen molar-refractivity contribution < 1.29 is 18.8 Å². The van der Waals surface area contributed by atoms with Crippen LogP contribution < -0.4 is 14.8 Å². The number of nitro benzene ring substituents is 1. The molecule has 0 unspecified atom stereocenters. The average molecular weight is 369 g/mol. The summed E-state index contributed by atoms with van der Waals surface area (Å²) in [5.41, 5.74) is 0.682. The van der Waals surface area contributed by atoms with Gasteiger partial charge in [-0.3, -0.25) is 10.1 Å². The highest BCUT2D eigenvalue weighted by molar-refractivity contribution is 5.61. The van der Waals surface area contributed by atoms with E-state index in [2.05, 4.69) is 10.3 Å². The SMILES string of the molecule is COc1ccc(Oc2cc(CNc3cc(F)ccc3[N+](=O)[O-])ccn2)cc1. The summed E-state index contributed by atoms with van der Waals surface area (Å²) >= 11 is 0. The fraction of sp³-hybridized carbons (Fsp3) is 0.105. The standard InChI is InChI=1S/C19H16FN3O4/c1-26-15-3-5-16(6-4-15)27-19-10-13(8-9-21-19)12-22-17-11-14(20)2-7-18(17)23(24)25/h2-11,22H,12H2,1H3. The molecular formula is C19H16FN3O4. The van der Waals surface area contributed by atoms with E-state index in [9.17, 15) is 14.5 Å². The third-order valence-electron chi connectivity index (χ3n) is 3.72. The number of hydrogen-bond donors (Lipinski definition) is 1. The van der Waals surface area contributed by atoms with Crippen LogP contribution in [0.4, 0.5) is 15.8 Å². The Morgan fingerprint density at radius 3 is 2.56 bits per heavy atom. The van der Waals surface area contributed by atoms with Crippen molar-refractivity contribution in [2.24, 2.45) is 0 Å². The van der Waals surface area contributed by atoms with Crippen molar-refractivity contribution in [3.8, 4) is 17.4 Å². The fourth-order valence-electron chi connectivity index (χ4n) is 2.39. The van der Waals surface area contributed by atoms with Gasteiger partial charge in [0.1, 0.15) is 23.0 Å². The first kappa shape index (κ1) is 18.1. The predicted octanol–water partition coefficient (Wildman–Crippen LogP) is 4.54. The van der Waals surface area contributed by atoms with Crippen LogP contribution in [-0.4, -0.2) is 17.0 Å². The minimum absolute atomic E-state index is 0.106. The highest BCUT2D eigenvalue weighted by atomic mass is 19.1. The maximum Gasteiger partial charge on any atom is 0.292 e. The Bertz CT molecular complexity index is 948. The first-order chi connectivity index (χ1) is 13.0. The van der Waals surface area contributed by atoms with Gasteiger partial charge >= 0.3 is 0 Å². The van der Waals surface area contributed by atoms with Crippen LogP contribution >= 0.6 is 0 Å². The lowest BCUT2D eigenvalue weighted by molar-refractivity contribution is -0.384. The summed E-state index contributed by atoms with van der Waals surface area (Å²) in [6, 6.07) is 13.7. The van der Waals surface area contributed by atoms with Gasteiger partial charge in [-0.25, -0.2) is 9.37 Å². The van der Waals surface area contributed by atoms with Crippen molar-refractivity contribution in [2.45, 2.75) is 6.54 Å². The molecule has 0 aliphatic carbocycles. The summed E-state index contributed by atoms with van der Waals surface area (Å²) in [4.78, 5) is 14.6. The van der Waals surface area contributed by atoms with Crippen LogP contribution in [0.3, 0.4) is 0 Å². The van der Waals surface area contributed by atoms with E-state index in [1.165, 1.54) is 0 Å². The molecule has 1 heterocycles. The highest BCUT2D eigenvalue weighted by Crippen LogP contribution is 2.26. The minimum atomic E-state index is -0.563. The number of nitrogens with zero attached hydrogens (tertiary/aromatic N) is 2. The van der Waals surface area contributed by atoms with E-state index in [0.717, 1.165) is 23.8 Å². The predicted molar refractivity (Wildman–Crippen MR) is 97.7 cm³/mol. The van der Waals surface area contributed by atoms with Gasteiger partial charge in [-0.15, -0.1) is 0 Å². The summed E-state index contributed by atoms with van der Waals surface area (Å²) in [7, 11) is 1.58. The van der Waals surface area contributed by atoms with Crippen molar-refractivity contribution in [3.63, 3.8) is 0 Å². The highest BCUT2D eigenvalue weighted by Gasteiger charge is 2.14. The van der Waals surface area contributed by atoms with Crippen LogP contribution in [0.5, 0.6) is 17.4 Å². The fourth-order valence-corrected chi connectivity index (χ4v) is 2.39. The van der Waals surface area contributed by atoms with Crippen molar-refractivity contribution >= 4 is 11.4 Å². The monoisotopic (exact) mass is 369 g/mol. The van der Waals surface area contributed by atoms with Crippen LogP contribution in [0.2, 0.25) is 0 Å². The molecule has 0 fully saturated rings. The summed E-state index contributed by atoms with van der Waals surface area (Å²) in [5, 5.41) is 13.9. The number of nitro groups is 1. The Labute approximate surface area is 154 Å². The number of rotatable bonds is 7. The first-order valence-electron chi connectivity index (χ1n) is 8.00. The summed E-state index contributed by atoms with van der Waals surface area (Å²) in [6.45, 7) is 0.242. The first-order valence-corrected chi connectivity index (χ1v) is 8.00. The van der Waals surface area contributed by atoms with Crippen molar-refractivity contribution in [3.05, 3.63) is 82.3 Å². The Morgan fingerprint density at radius 2 is 1.85 bits per heavy atom. The van der Waals surface area contributed by atoms with Gasteiger partial charge in [-0.2, -0.15) is 0 Å². The Hall–Kier alpha value is -3.68. The summed E-state index contributed by atoms with van der Waals surface area (Å²) < 4.78 is 24.2. The van der Waals surface area contributed by atoms with Crippen LogP contribution in [0, 0.1) is 15.9 Å². The topological polar surface area (TPSA) is 86.5 Å². The van der Waals surface area contributed by atoms with E-state index in [1.54, 1.807) is 49.7 Å². The van der Waals surface area contributed by atoms with Crippen LogP contribution in [0.1, 0.15) is 5.56 Å². The lowest BCUT2D eigenvalue weighted by atomic mass is 10.2. The van der Waals surface area contributed by atoms with E-state index in [-0.39, 0.29) is 17.9 Å². The smallest absolute Gasteiger partial charge is 0.292 e. The number of methoxy groups -OCH3 is 1. The second kappa shape index (κ2) is 8.13. The molecule has 0 radical (unpaired) electrons. The van der Waals surface area contributed by atoms with Gasteiger partial charge in [0.2, 0.25) is 5.88 Å². The van der Waals surface area contributed by atoms with Gasteiger partial charge in [0.25, 0.3) is 5.69 Å². The van der Waals surface area contributed by atoms with Gasteiger partial charge in [0.05, 0.1) is 12.0 Å². The molecule has 0 saturated heterocycles. The van der Waals surface area contributed by atoms with Crippen molar-refractivity contribution in [1.82, 2.24) is 4.98 Å². The Kier molecular flexibility index (Phi) is 5.46. The average Bonchev–Trinajstić information content (AvgIpc) is 2.67. The third-order valence-corrected chi connectivity index (χ3v) is 3.72. The molecule has 0 amide bonds. The molecule has 0 aliphatic heterocycles. The van der Waals surface area contributed by atoms with E-state index >= 15 is 0 Å². The molecule has 1 N–H and O–H groups in total. The number of aromatic nitrogens is 1. The number of halogens is 1. The number of anilines is 1. The maximum absolute atomic E-state index is 13.4. The molecule has 0 spiro atoms. The quantitative estimate of drug-likeness (QED) is 0.486. The van der Waals surface area contributed by atoms with Gasteiger partial charge in [-0.1, -0.05) is 0 Å². The van der Waals surface area contributed by atoms with Crippen molar-refractivity contribution in [1.29, 1.82) is 0 Å². The van der Waals surface area contributed by atoms with E-state index < -0.39 is 10.7 Å². The lowest BCUT2D eigenvalue weighted by Crippen LogP contribution is -2.03. The molecule has 8 heteroatoms. The van der Waals surface area contributed by atoms with E-state index in [0.29, 0.717) is 17.4 Å². The molecular weight excluding hydrogens is 353 g/mol. The zero-order valence-electron chi connectivity index (χ0n) is 14.4. The van der Waals surface area contributed by atoms with Crippen LogP contribution in [0.15, 0.2) is 60.8 Å². The van der Waals surface area contributed by atoms with Gasteiger partial charge in [0.15, 0.2) is 0 Å². The molecule has 0 saturated carbocycles. The number of ether oxygens (including phenoxy) is 2. The minimum Gasteiger partial charge on any atom is -0.497 e. The molecule has 0 bridgehead atoms. The molecule has 27 heavy (non-hydrogen) atoms. The molecule has 1 aromatic heterocycles. The van der Waals surface area contributed by atoms with Crippen molar-refractivity contribution in [2.75, 3.05) is 12.4 Å². The molecule has 7 nitrogen and oxygen atoms in total. The molecule has 0 aliphatic rings. The second-order valence-corrected chi connectivity index (χ2v) is 5.55. The normalized spacial score (nSPS) is 10.3. The maximum atomic E-state index is 13.4. The summed E-state index contributed by atoms with van der Waals surface area (Å²) in [5.74, 6) is 1.12. The molecule has 2 aromatic carbocycles. The van der Waals surface area contributed by atoms with Gasteiger partial charge in [0, 0.05) is 30.9 Å². The third kappa shape index (κ3) is 4.69. The molecule has 3 aromatic rings. The van der Waals surface area contributed by atoms with Crippen LogP contribution in [0.25, 0.3) is 0 Å². The number of hydrogen-bond acceptors (Lipinski definition) is 6. The second-order valence-electron chi connectivity index (χ2n) is 5.55. The Morgan fingerprint density at radius 1 is 1.11 bits per heavy atom. The molecule has 138 valence electrons. The zero-order chi connectivity index (χ0) is 19.2. The van der Waals surface area contributed by atoms with Crippen LogP contribution in [-0.2, 0) is 6.54 Å². The molecule has 3 rings (SSSR count). The largest absolute Gasteiger partial charge is 0.497 e. The number of pyridine rings is 1. The number of benzene rings is 2. The lowest BCUT2D eigenvalue weighted by Gasteiger charge is -2.09. The van der Waals surface area contributed by atoms with Gasteiger partial charge < -0.3 is 14.8 Å². The zero-order valence-corrected chi connectivity index (χ0v) is 14.4. The number of nitrogens with one attached hydrogen (secondary N) is 1. The van der Waals surface area contributed by atoms with E-state index in [1.807, 2.05) is 0 Å².